The van der Waals surface area contributed by atoms with Crippen LogP contribution < -0.4 is 15.2 Å². The van der Waals surface area contributed by atoms with Crippen molar-refractivity contribution in [2.24, 2.45) is 0 Å². The van der Waals surface area contributed by atoms with Gasteiger partial charge in [-0.15, -0.1) is 11.3 Å². The highest BCUT2D eigenvalue weighted by Crippen LogP contribution is 2.31. The normalized spacial score (nSPS) is 13.6. The van der Waals surface area contributed by atoms with Crippen LogP contribution in [0, 0.1) is 0 Å². The lowest BCUT2D eigenvalue weighted by Gasteiger charge is -2.36. The van der Waals surface area contributed by atoms with Crippen LogP contribution in [-0.2, 0) is 16.2 Å². The first-order chi connectivity index (χ1) is 25.6. The molecule has 4 aromatic rings. The van der Waals surface area contributed by atoms with E-state index in [4.69, 9.17) is 14.2 Å². The first-order valence-electron chi connectivity index (χ1n) is 20.1. The molecule has 1 aliphatic rings. The summed E-state index contributed by atoms with van der Waals surface area (Å²) in [5.74, 6) is 0.698. The maximum Gasteiger partial charge on any atom is 0.510 e. The number of rotatable bonds is 24. The number of fused-ring (bicyclic) bond motifs is 2. The summed E-state index contributed by atoms with van der Waals surface area (Å²) in [6, 6.07) is 17.9. The van der Waals surface area contributed by atoms with Gasteiger partial charge in [-0.1, -0.05) is 96.5 Å². The van der Waals surface area contributed by atoms with Gasteiger partial charge >= 0.3 is 6.16 Å². The molecule has 284 valence electrons. The monoisotopic (exact) mass is 731 g/mol. The maximum atomic E-state index is 12.7. The predicted molar refractivity (Wildman–Crippen MR) is 216 cm³/mol. The number of hydrogen-bond acceptors (Lipinski definition) is 8. The van der Waals surface area contributed by atoms with Crippen molar-refractivity contribution in [1.82, 2.24) is 9.47 Å². The van der Waals surface area contributed by atoms with Crippen molar-refractivity contribution in [3.63, 3.8) is 0 Å². The molecular weight excluding hydrogens is 671 g/mol. The fourth-order valence-corrected chi connectivity index (χ4v) is 8.00. The van der Waals surface area contributed by atoms with Gasteiger partial charge in [-0.25, -0.2) is 4.79 Å². The second kappa shape index (κ2) is 22.5. The summed E-state index contributed by atoms with van der Waals surface area (Å²) in [5.41, 5.74) is 1.78. The quantitative estimate of drug-likeness (QED) is 0.0525. The van der Waals surface area contributed by atoms with E-state index in [1.54, 1.807) is 17.4 Å². The average Bonchev–Trinajstić information content (AvgIpc) is 3.66. The lowest BCUT2D eigenvalue weighted by molar-refractivity contribution is 0.0331. The van der Waals surface area contributed by atoms with Crippen LogP contribution >= 0.6 is 11.3 Å². The van der Waals surface area contributed by atoms with Gasteiger partial charge in [0.1, 0.15) is 5.75 Å². The third kappa shape index (κ3) is 12.8. The standard InChI is InChI=1S/C43H61N3O5S/c1-2-3-4-5-6-7-8-9-10-11-12-13-14-16-32-50-43(48)51-35-46-40-34-37(23-21-36(40)22-24-42(46)47)49-31-17-15-26-44-27-29-45(30-28-44)39-19-18-20-41-38(39)25-33-52-41/h18-25,33-34H,2-17,26-32,35H2,1H3. The van der Waals surface area contributed by atoms with E-state index >= 15 is 0 Å². The molecule has 1 saturated heterocycles. The second-order valence-electron chi connectivity index (χ2n) is 14.3. The Morgan fingerprint density at radius 3 is 2.12 bits per heavy atom. The van der Waals surface area contributed by atoms with E-state index in [1.165, 1.54) is 97.0 Å². The molecule has 1 fully saturated rings. The van der Waals surface area contributed by atoms with Crippen LogP contribution in [0.2, 0.25) is 0 Å². The summed E-state index contributed by atoms with van der Waals surface area (Å²) in [6.07, 6.45) is 19.2. The molecule has 0 saturated carbocycles. The third-order valence-corrected chi connectivity index (χ3v) is 11.2. The molecule has 1 aliphatic heterocycles. The topological polar surface area (TPSA) is 73.2 Å². The lowest BCUT2D eigenvalue weighted by Crippen LogP contribution is -2.46. The summed E-state index contributed by atoms with van der Waals surface area (Å²) in [4.78, 5) is 30.1. The zero-order valence-corrected chi connectivity index (χ0v) is 32.4. The van der Waals surface area contributed by atoms with Gasteiger partial charge in [0, 0.05) is 54.1 Å². The van der Waals surface area contributed by atoms with Crippen LogP contribution in [0.25, 0.3) is 21.0 Å². The molecule has 52 heavy (non-hydrogen) atoms. The number of piperazine rings is 1. The highest BCUT2D eigenvalue weighted by molar-refractivity contribution is 7.17. The minimum Gasteiger partial charge on any atom is -0.494 e. The molecule has 0 atom stereocenters. The van der Waals surface area contributed by atoms with Gasteiger partial charge in [0.2, 0.25) is 0 Å². The van der Waals surface area contributed by atoms with Gasteiger partial charge in [-0.3, -0.25) is 14.3 Å². The lowest BCUT2D eigenvalue weighted by atomic mass is 10.0. The van der Waals surface area contributed by atoms with E-state index in [0.29, 0.717) is 24.5 Å². The number of thiophene rings is 1. The SMILES string of the molecule is CCCCCCCCCCCCCCCCOC(=O)OCn1c(=O)ccc2ccc(OCCCCN3CCN(c4cccc5sccc45)CC3)cc21. The molecule has 0 spiro atoms. The number of unbranched alkanes of at least 4 members (excludes halogenated alkanes) is 14. The number of aromatic nitrogens is 1. The van der Waals surface area contributed by atoms with Crippen molar-refractivity contribution in [3.05, 3.63) is 70.3 Å². The molecule has 0 radical (unpaired) electrons. The Balaban J connectivity index is 0.926. The van der Waals surface area contributed by atoms with E-state index in [-0.39, 0.29) is 12.3 Å². The molecule has 2 aromatic heterocycles. The number of benzene rings is 2. The van der Waals surface area contributed by atoms with Crippen LogP contribution in [-0.4, -0.2) is 61.6 Å². The minimum atomic E-state index is -0.743. The highest BCUT2D eigenvalue weighted by Gasteiger charge is 2.18. The van der Waals surface area contributed by atoms with Crippen LogP contribution in [0.15, 0.2) is 64.8 Å². The van der Waals surface area contributed by atoms with Crippen LogP contribution in [0.1, 0.15) is 110 Å². The van der Waals surface area contributed by atoms with Crippen molar-refractivity contribution in [2.75, 3.05) is 50.8 Å². The summed E-state index contributed by atoms with van der Waals surface area (Å²) >= 11 is 1.81. The van der Waals surface area contributed by atoms with Gasteiger partial charge in [0.25, 0.3) is 5.56 Å². The fourth-order valence-electron chi connectivity index (χ4n) is 7.20. The molecule has 2 aromatic carbocycles. The maximum absolute atomic E-state index is 12.7. The third-order valence-electron chi connectivity index (χ3n) is 10.3. The van der Waals surface area contributed by atoms with Crippen LogP contribution in [0.5, 0.6) is 5.75 Å². The molecule has 0 bridgehead atoms. The minimum absolute atomic E-state index is 0.202. The molecule has 9 heteroatoms. The smallest absolute Gasteiger partial charge is 0.494 e. The van der Waals surface area contributed by atoms with E-state index in [1.807, 2.05) is 18.2 Å². The molecule has 8 nitrogen and oxygen atoms in total. The van der Waals surface area contributed by atoms with E-state index in [0.717, 1.165) is 70.2 Å². The predicted octanol–water partition coefficient (Wildman–Crippen LogP) is 10.8. The summed E-state index contributed by atoms with van der Waals surface area (Å²) < 4.78 is 19.5. The summed E-state index contributed by atoms with van der Waals surface area (Å²) in [6.45, 7) is 8.29. The van der Waals surface area contributed by atoms with E-state index in [9.17, 15) is 9.59 Å². The van der Waals surface area contributed by atoms with Crippen molar-refractivity contribution in [1.29, 1.82) is 0 Å². The van der Waals surface area contributed by atoms with Gasteiger partial charge in [-0.05, 0) is 73.0 Å². The number of carbonyl (C=O) groups is 1. The number of anilines is 1. The highest BCUT2D eigenvalue weighted by atomic mass is 32.1. The van der Waals surface area contributed by atoms with Crippen LogP contribution in [0.3, 0.4) is 0 Å². The summed E-state index contributed by atoms with van der Waals surface area (Å²) in [5, 5.41) is 4.42. The zero-order chi connectivity index (χ0) is 36.2. The number of carbonyl (C=O) groups excluding carboxylic acids is 1. The zero-order valence-electron chi connectivity index (χ0n) is 31.5. The number of nitrogens with zero attached hydrogens (tertiary/aromatic N) is 3. The first-order valence-corrected chi connectivity index (χ1v) is 21.0. The second-order valence-corrected chi connectivity index (χ2v) is 15.2. The van der Waals surface area contributed by atoms with Gasteiger partial charge in [-0.2, -0.15) is 0 Å². The fraction of sp³-hybridized carbons (Fsp3) is 0.581. The Morgan fingerprint density at radius 1 is 0.712 bits per heavy atom. The molecule has 3 heterocycles. The van der Waals surface area contributed by atoms with Gasteiger partial charge in [0.15, 0.2) is 6.73 Å². The Bertz CT molecular complexity index is 1680. The summed E-state index contributed by atoms with van der Waals surface area (Å²) in [7, 11) is 0. The Hall–Kier alpha value is -3.56. The Labute approximate surface area is 315 Å². The van der Waals surface area contributed by atoms with E-state index < -0.39 is 6.16 Å². The Morgan fingerprint density at radius 2 is 1.38 bits per heavy atom. The average molecular weight is 732 g/mol. The van der Waals surface area contributed by atoms with E-state index in [2.05, 4.69) is 46.4 Å². The molecule has 0 unspecified atom stereocenters. The molecular formula is C43H61N3O5S. The first kappa shape index (κ1) is 39.6. The number of hydrogen-bond donors (Lipinski definition) is 0. The number of ether oxygens (including phenoxy) is 3. The van der Waals surface area contributed by atoms with Crippen molar-refractivity contribution in [2.45, 2.75) is 116 Å². The molecule has 0 N–H and O–H groups in total. The molecule has 0 amide bonds. The molecule has 0 aliphatic carbocycles. The van der Waals surface area contributed by atoms with Gasteiger partial charge in [0.05, 0.1) is 18.7 Å². The van der Waals surface area contributed by atoms with Crippen LogP contribution in [0.4, 0.5) is 10.5 Å². The van der Waals surface area contributed by atoms with Crippen molar-refractivity contribution in [3.8, 4) is 5.75 Å². The number of pyridine rings is 1. The largest absolute Gasteiger partial charge is 0.510 e. The van der Waals surface area contributed by atoms with Crippen molar-refractivity contribution >= 4 is 44.2 Å². The van der Waals surface area contributed by atoms with Gasteiger partial charge < -0.3 is 19.1 Å². The molecule has 5 rings (SSSR count). The Kier molecular flexibility index (Phi) is 17.1. The van der Waals surface area contributed by atoms with Crippen molar-refractivity contribution < 1.29 is 19.0 Å².